The van der Waals surface area contributed by atoms with Crippen molar-refractivity contribution < 1.29 is 24.2 Å². The number of rotatable bonds is 5. The van der Waals surface area contributed by atoms with E-state index in [1.54, 1.807) is 18.2 Å². The first-order chi connectivity index (χ1) is 10.0. The van der Waals surface area contributed by atoms with E-state index in [1.165, 1.54) is 14.2 Å². The molecule has 110 valence electrons. The molecule has 21 heavy (non-hydrogen) atoms. The number of imidazole rings is 1. The maximum atomic E-state index is 12.1. The molecule has 0 spiro atoms. The van der Waals surface area contributed by atoms with Crippen LogP contribution in [0.3, 0.4) is 0 Å². The number of aromatic nitrogens is 2. The van der Waals surface area contributed by atoms with Crippen LogP contribution in [0.25, 0.3) is 0 Å². The number of nitrogens with one attached hydrogen (secondary N) is 2. The number of carbonyl (C=O) groups excluding carboxylic acids is 1. The molecule has 1 amide bonds. The first-order valence-electron chi connectivity index (χ1n) is 5.86. The van der Waals surface area contributed by atoms with Crippen LogP contribution in [0.15, 0.2) is 24.5 Å². The summed E-state index contributed by atoms with van der Waals surface area (Å²) in [6, 6.07) is 4.80. The second-order valence-electron chi connectivity index (χ2n) is 3.99. The van der Waals surface area contributed by atoms with Crippen LogP contribution < -0.4 is 14.8 Å². The minimum Gasteiger partial charge on any atom is -0.497 e. The molecule has 0 saturated heterocycles. The van der Waals surface area contributed by atoms with Gasteiger partial charge in [-0.05, 0) is 0 Å². The smallest absolute Gasteiger partial charge is 0.354 e. The second kappa shape index (κ2) is 5.95. The van der Waals surface area contributed by atoms with Gasteiger partial charge in [0.05, 0.1) is 20.5 Å². The third kappa shape index (κ3) is 3.11. The number of ether oxygens (including phenoxy) is 2. The highest BCUT2D eigenvalue weighted by Gasteiger charge is 2.20. The summed E-state index contributed by atoms with van der Waals surface area (Å²) in [4.78, 5) is 29.1. The fourth-order valence-corrected chi connectivity index (χ4v) is 1.70. The Kier molecular flexibility index (Phi) is 4.07. The number of carbonyl (C=O) groups is 2. The molecule has 1 aromatic heterocycles. The summed E-state index contributed by atoms with van der Waals surface area (Å²) in [7, 11) is 2.97. The van der Waals surface area contributed by atoms with E-state index >= 15 is 0 Å². The molecule has 0 radical (unpaired) electrons. The number of methoxy groups -OCH3 is 2. The number of nitrogens with zero attached hydrogens (tertiary/aromatic N) is 1. The zero-order valence-electron chi connectivity index (χ0n) is 11.3. The van der Waals surface area contributed by atoms with E-state index in [-0.39, 0.29) is 11.4 Å². The van der Waals surface area contributed by atoms with Gasteiger partial charge in [-0.2, -0.15) is 0 Å². The number of aromatic carboxylic acids is 1. The number of anilines is 1. The van der Waals surface area contributed by atoms with E-state index in [4.69, 9.17) is 14.6 Å². The average Bonchev–Trinajstić information content (AvgIpc) is 2.96. The number of benzene rings is 1. The molecule has 8 heteroatoms. The number of hydrogen-bond acceptors (Lipinski definition) is 5. The van der Waals surface area contributed by atoms with E-state index in [1.807, 2.05) is 0 Å². The summed E-state index contributed by atoms with van der Waals surface area (Å²) >= 11 is 0. The Morgan fingerprint density at radius 2 is 1.81 bits per heavy atom. The standard InChI is InChI=1S/C13H13N3O5/c1-20-8-3-7(4-9(5-8)21-2)16-12(17)10-11(13(18)19)15-6-14-10/h3-6H,1-2H3,(H,14,15)(H,16,17)(H,18,19). The van der Waals surface area contributed by atoms with E-state index in [9.17, 15) is 9.59 Å². The molecular formula is C13H13N3O5. The first kappa shape index (κ1) is 14.4. The fourth-order valence-electron chi connectivity index (χ4n) is 1.70. The molecular weight excluding hydrogens is 278 g/mol. The van der Waals surface area contributed by atoms with Gasteiger partial charge in [0.25, 0.3) is 5.91 Å². The molecule has 0 fully saturated rings. The van der Waals surface area contributed by atoms with Gasteiger partial charge < -0.3 is 24.9 Å². The molecule has 2 rings (SSSR count). The minimum atomic E-state index is -1.26. The molecule has 3 N–H and O–H groups in total. The SMILES string of the molecule is COc1cc(NC(=O)c2nc[nH]c2C(=O)O)cc(OC)c1. The Morgan fingerprint density at radius 1 is 1.19 bits per heavy atom. The lowest BCUT2D eigenvalue weighted by molar-refractivity contribution is 0.0686. The normalized spacial score (nSPS) is 10.0. The van der Waals surface area contributed by atoms with E-state index in [0.29, 0.717) is 17.2 Å². The van der Waals surface area contributed by atoms with Crippen LogP contribution in [0.5, 0.6) is 11.5 Å². The molecule has 0 aliphatic rings. The average molecular weight is 291 g/mol. The Hall–Kier alpha value is -3.03. The zero-order valence-corrected chi connectivity index (χ0v) is 11.3. The van der Waals surface area contributed by atoms with Crippen molar-refractivity contribution in [1.82, 2.24) is 9.97 Å². The molecule has 8 nitrogen and oxygen atoms in total. The number of amides is 1. The molecule has 1 aromatic carbocycles. The van der Waals surface area contributed by atoms with Crippen LogP contribution >= 0.6 is 0 Å². The lowest BCUT2D eigenvalue weighted by atomic mass is 10.2. The molecule has 0 aliphatic carbocycles. The van der Waals surface area contributed by atoms with E-state index < -0.39 is 11.9 Å². The topological polar surface area (TPSA) is 114 Å². The number of H-pyrrole nitrogens is 1. The number of carboxylic acid groups (broad SMARTS) is 1. The van der Waals surface area contributed by atoms with Gasteiger partial charge in [-0.25, -0.2) is 9.78 Å². The van der Waals surface area contributed by atoms with Gasteiger partial charge >= 0.3 is 5.97 Å². The van der Waals surface area contributed by atoms with Crippen molar-refractivity contribution in [2.24, 2.45) is 0 Å². The van der Waals surface area contributed by atoms with Gasteiger partial charge in [0.1, 0.15) is 11.5 Å². The maximum absolute atomic E-state index is 12.1. The molecule has 0 unspecified atom stereocenters. The Morgan fingerprint density at radius 3 is 2.33 bits per heavy atom. The highest BCUT2D eigenvalue weighted by atomic mass is 16.5. The molecule has 0 atom stereocenters. The summed E-state index contributed by atoms with van der Waals surface area (Å²) < 4.78 is 10.2. The van der Waals surface area contributed by atoms with Crippen LogP contribution in [0.4, 0.5) is 5.69 Å². The van der Waals surface area contributed by atoms with Gasteiger partial charge in [-0.15, -0.1) is 0 Å². The predicted octanol–water partition coefficient (Wildman–Crippen LogP) is 1.38. The highest BCUT2D eigenvalue weighted by Crippen LogP contribution is 2.26. The third-order valence-electron chi connectivity index (χ3n) is 2.68. The van der Waals surface area contributed by atoms with Crippen molar-refractivity contribution in [2.45, 2.75) is 0 Å². The lowest BCUT2D eigenvalue weighted by Gasteiger charge is -2.09. The highest BCUT2D eigenvalue weighted by molar-refractivity contribution is 6.08. The van der Waals surface area contributed by atoms with Crippen LogP contribution in [0.2, 0.25) is 0 Å². The first-order valence-corrected chi connectivity index (χ1v) is 5.86. The maximum Gasteiger partial charge on any atom is 0.354 e. The van der Waals surface area contributed by atoms with E-state index in [0.717, 1.165) is 6.33 Å². The number of hydrogen-bond donors (Lipinski definition) is 3. The largest absolute Gasteiger partial charge is 0.497 e. The lowest BCUT2D eigenvalue weighted by Crippen LogP contribution is -2.16. The molecule has 2 aromatic rings. The second-order valence-corrected chi connectivity index (χ2v) is 3.99. The van der Waals surface area contributed by atoms with Crippen molar-refractivity contribution >= 4 is 17.6 Å². The zero-order chi connectivity index (χ0) is 15.4. The van der Waals surface area contributed by atoms with Crippen LogP contribution in [0, 0.1) is 0 Å². The van der Waals surface area contributed by atoms with Crippen molar-refractivity contribution in [3.05, 3.63) is 35.9 Å². The summed E-state index contributed by atoms with van der Waals surface area (Å²) in [6.07, 6.45) is 1.14. The third-order valence-corrected chi connectivity index (χ3v) is 2.68. The Balaban J connectivity index is 2.27. The summed E-state index contributed by atoms with van der Waals surface area (Å²) in [6.45, 7) is 0. The summed E-state index contributed by atoms with van der Waals surface area (Å²) in [5.74, 6) is -0.930. The minimum absolute atomic E-state index is 0.204. The predicted molar refractivity (Wildman–Crippen MR) is 73.0 cm³/mol. The number of carboxylic acids is 1. The van der Waals surface area contributed by atoms with Gasteiger partial charge in [0.2, 0.25) is 0 Å². The van der Waals surface area contributed by atoms with Crippen LogP contribution in [0.1, 0.15) is 21.0 Å². The Labute approximate surface area is 119 Å². The molecule has 0 saturated carbocycles. The quantitative estimate of drug-likeness (QED) is 0.766. The molecule has 0 bridgehead atoms. The Bertz CT molecular complexity index is 658. The summed E-state index contributed by atoms with van der Waals surface area (Å²) in [5, 5.41) is 11.5. The van der Waals surface area contributed by atoms with Gasteiger partial charge in [-0.3, -0.25) is 4.79 Å². The van der Waals surface area contributed by atoms with Crippen molar-refractivity contribution in [1.29, 1.82) is 0 Å². The van der Waals surface area contributed by atoms with Gasteiger partial charge in [0, 0.05) is 23.9 Å². The van der Waals surface area contributed by atoms with Gasteiger partial charge in [-0.1, -0.05) is 0 Å². The van der Waals surface area contributed by atoms with Crippen LogP contribution in [-0.4, -0.2) is 41.2 Å². The molecule has 1 heterocycles. The van der Waals surface area contributed by atoms with Crippen molar-refractivity contribution in [2.75, 3.05) is 19.5 Å². The summed E-state index contributed by atoms with van der Waals surface area (Å²) in [5.41, 5.74) is -0.0813. The van der Waals surface area contributed by atoms with Gasteiger partial charge in [0.15, 0.2) is 11.4 Å². The monoisotopic (exact) mass is 291 g/mol. The molecule has 0 aliphatic heterocycles. The van der Waals surface area contributed by atoms with Crippen LogP contribution in [-0.2, 0) is 0 Å². The van der Waals surface area contributed by atoms with Crippen molar-refractivity contribution in [3.63, 3.8) is 0 Å². The fraction of sp³-hybridized carbons (Fsp3) is 0.154. The number of aromatic amines is 1. The van der Waals surface area contributed by atoms with Crippen molar-refractivity contribution in [3.8, 4) is 11.5 Å². The van der Waals surface area contributed by atoms with E-state index in [2.05, 4.69) is 15.3 Å².